The Balaban J connectivity index is 2.13. The molecule has 0 spiro atoms. The zero-order valence-corrected chi connectivity index (χ0v) is 9.56. The van der Waals surface area contributed by atoms with Gasteiger partial charge >= 0.3 is 0 Å². The molecule has 17 heavy (non-hydrogen) atoms. The van der Waals surface area contributed by atoms with Crippen LogP contribution in [0.15, 0.2) is 30.3 Å². The minimum absolute atomic E-state index is 0.356. The summed E-state index contributed by atoms with van der Waals surface area (Å²) in [6.45, 7) is 0.356. The highest BCUT2D eigenvalue weighted by molar-refractivity contribution is 5.64. The maximum Gasteiger partial charge on any atom is 0.128 e. The Labute approximate surface area is 100 Å². The predicted octanol–water partition coefficient (Wildman–Crippen LogP) is 2.56. The Hall–Kier alpha value is -2.08. The quantitative estimate of drug-likeness (QED) is 0.785. The van der Waals surface area contributed by atoms with Crippen LogP contribution >= 0.6 is 0 Å². The van der Waals surface area contributed by atoms with Crippen molar-refractivity contribution in [2.45, 2.75) is 25.8 Å². The first kappa shape index (κ1) is 10.1. The van der Waals surface area contributed by atoms with Crippen LogP contribution in [0.25, 0.3) is 11.3 Å². The van der Waals surface area contributed by atoms with E-state index in [1.165, 1.54) is 17.7 Å². The van der Waals surface area contributed by atoms with E-state index in [2.05, 4.69) is 23.3 Å². The molecule has 3 rings (SSSR count). The van der Waals surface area contributed by atoms with Crippen LogP contribution in [0.5, 0.6) is 0 Å². The van der Waals surface area contributed by atoms with E-state index < -0.39 is 0 Å². The first-order chi connectivity index (χ1) is 8.40. The SMILES string of the molecule is N#CCn1nc(-c2ccccc2)c2c1CCC2. The number of fused-ring (bicyclic) bond motifs is 1. The molecular weight excluding hydrogens is 210 g/mol. The molecule has 84 valence electrons. The average Bonchev–Trinajstić information content (AvgIpc) is 2.94. The van der Waals surface area contributed by atoms with Crippen LogP contribution in [0.1, 0.15) is 17.7 Å². The molecule has 0 saturated heterocycles. The molecule has 3 nitrogen and oxygen atoms in total. The van der Waals surface area contributed by atoms with Crippen molar-refractivity contribution in [3.63, 3.8) is 0 Å². The van der Waals surface area contributed by atoms with Gasteiger partial charge in [-0.25, -0.2) is 0 Å². The number of hydrogen-bond donors (Lipinski definition) is 0. The van der Waals surface area contributed by atoms with Gasteiger partial charge in [-0.3, -0.25) is 4.68 Å². The molecular formula is C14H13N3. The minimum atomic E-state index is 0.356. The maximum absolute atomic E-state index is 8.82. The summed E-state index contributed by atoms with van der Waals surface area (Å²) in [4.78, 5) is 0. The van der Waals surface area contributed by atoms with E-state index in [1.54, 1.807) is 0 Å². The number of nitrogens with zero attached hydrogens (tertiary/aromatic N) is 3. The normalized spacial score (nSPS) is 13.4. The number of aromatic nitrogens is 2. The van der Waals surface area contributed by atoms with Gasteiger partial charge in [0, 0.05) is 16.8 Å². The summed E-state index contributed by atoms with van der Waals surface area (Å²) in [5, 5.41) is 13.4. The van der Waals surface area contributed by atoms with E-state index >= 15 is 0 Å². The Kier molecular flexibility index (Phi) is 2.41. The van der Waals surface area contributed by atoms with Gasteiger partial charge in [0.1, 0.15) is 6.54 Å². The largest absolute Gasteiger partial charge is 0.254 e. The molecule has 0 saturated carbocycles. The third-order valence-electron chi connectivity index (χ3n) is 3.27. The van der Waals surface area contributed by atoms with Crippen molar-refractivity contribution in [2.75, 3.05) is 0 Å². The molecule has 0 N–H and O–H groups in total. The highest BCUT2D eigenvalue weighted by Gasteiger charge is 2.22. The first-order valence-electron chi connectivity index (χ1n) is 5.91. The van der Waals surface area contributed by atoms with Crippen molar-refractivity contribution in [3.05, 3.63) is 41.6 Å². The van der Waals surface area contributed by atoms with E-state index in [4.69, 9.17) is 5.26 Å². The fourth-order valence-electron chi connectivity index (χ4n) is 2.53. The lowest BCUT2D eigenvalue weighted by molar-refractivity contribution is 0.664. The zero-order valence-electron chi connectivity index (χ0n) is 9.56. The molecule has 0 fully saturated rings. The molecule has 3 heteroatoms. The number of hydrogen-bond acceptors (Lipinski definition) is 2. The molecule has 0 atom stereocenters. The van der Waals surface area contributed by atoms with Crippen LogP contribution in [0.2, 0.25) is 0 Å². The Morgan fingerprint density at radius 3 is 2.82 bits per heavy atom. The van der Waals surface area contributed by atoms with Gasteiger partial charge in [-0.15, -0.1) is 0 Å². The fraction of sp³-hybridized carbons (Fsp3) is 0.286. The van der Waals surface area contributed by atoms with Crippen molar-refractivity contribution in [3.8, 4) is 17.3 Å². The van der Waals surface area contributed by atoms with E-state index in [1.807, 2.05) is 22.9 Å². The highest BCUT2D eigenvalue weighted by atomic mass is 15.3. The minimum Gasteiger partial charge on any atom is -0.254 e. The average molecular weight is 223 g/mol. The lowest BCUT2D eigenvalue weighted by atomic mass is 10.1. The van der Waals surface area contributed by atoms with E-state index in [-0.39, 0.29) is 0 Å². The second-order valence-corrected chi connectivity index (χ2v) is 4.31. The lowest BCUT2D eigenvalue weighted by Crippen LogP contribution is -2.02. The number of nitriles is 1. The smallest absolute Gasteiger partial charge is 0.128 e. The summed E-state index contributed by atoms with van der Waals surface area (Å²) >= 11 is 0. The monoisotopic (exact) mass is 223 g/mol. The predicted molar refractivity (Wildman–Crippen MR) is 65.3 cm³/mol. The maximum atomic E-state index is 8.82. The fourth-order valence-corrected chi connectivity index (χ4v) is 2.53. The van der Waals surface area contributed by atoms with E-state index in [9.17, 15) is 0 Å². The molecule has 1 aromatic heterocycles. The van der Waals surface area contributed by atoms with Crippen molar-refractivity contribution in [1.82, 2.24) is 9.78 Å². The topological polar surface area (TPSA) is 41.6 Å². The Morgan fingerprint density at radius 1 is 1.24 bits per heavy atom. The van der Waals surface area contributed by atoms with Crippen molar-refractivity contribution >= 4 is 0 Å². The highest BCUT2D eigenvalue weighted by Crippen LogP contribution is 2.31. The van der Waals surface area contributed by atoms with Crippen molar-refractivity contribution < 1.29 is 0 Å². The Bertz CT molecular complexity index is 576. The molecule has 0 aliphatic heterocycles. The summed E-state index contributed by atoms with van der Waals surface area (Å²) in [5.41, 5.74) is 4.81. The zero-order chi connectivity index (χ0) is 11.7. The molecule has 0 unspecified atom stereocenters. The molecule has 2 aromatic rings. The molecule has 1 aliphatic rings. The van der Waals surface area contributed by atoms with Gasteiger partial charge < -0.3 is 0 Å². The van der Waals surface area contributed by atoms with Crippen LogP contribution in [0.3, 0.4) is 0 Å². The summed E-state index contributed by atoms with van der Waals surface area (Å²) in [7, 11) is 0. The van der Waals surface area contributed by atoms with Crippen molar-refractivity contribution in [2.24, 2.45) is 0 Å². The number of benzene rings is 1. The van der Waals surface area contributed by atoms with Crippen LogP contribution in [-0.2, 0) is 19.4 Å². The van der Waals surface area contributed by atoms with E-state index in [0.717, 1.165) is 24.1 Å². The summed E-state index contributed by atoms with van der Waals surface area (Å²) in [6, 6.07) is 12.4. The summed E-state index contributed by atoms with van der Waals surface area (Å²) in [6.07, 6.45) is 3.32. The molecule has 0 amide bonds. The second kappa shape index (κ2) is 4.06. The second-order valence-electron chi connectivity index (χ2n) is 4.31. The molecule has 0 radical (unpaired) electrons. The summed E-state index contributed by atoms with van der Waals surface area (Å²) in [5.74, 6) is 0. The van der Waals surface area contributed by atoms with Gasteiger partial charge in [0.15, 0.2) is 0 Å². The van der Waals surface area contributed by atoms with Crippen LogP contribution in [0.4, 0.5) is 0 Å². The Morgan fingerprint density at radius 2 is 2.06 bits per heavy atom. The first-order valence-corrected chi connectivity index (χ1v) is 5.91. The van der Waals surface area contributed by atoms with Crippen LogP contribution in [0, 0.1) is 11.3 Å². The lowest BCUT2D eigenvalue weighted by Gasteiger charge is -1.99. The molecule has 1 aromatic carbocycles. The standard InChI is InChI=1S/C14H13N3/c15-9-10-17-13-8-4-7-12(13)14(16-17)11-5-2-1-3-6-11/h1-3,5-6H,4,7-8,10H2. The van der Waals surface area contributed by atoms with E-state index in [0.29, 0.717) is 6.54 Å². The summed E-state index contributed by atoms with van der Waals surface area (Å²) < 4.78 is 1.87. The van der Waals surface area contributed by atoms with Gasteiger partial charge in [0.2, 0.25) is 0 Å². The molecule has 1 aliphatic carbocycles. The van der Waals surface area contributed by atoms with Gasteiger partial charge in [-0.2, -0.15) is 10.4 Å². The van der Waals surface area contributed by atoms with Gasteiger partial charge in [0.05, 0.1) is 11.8 Å². The van der Waals surface area contributed by atoms with Gasteiger partial charge in [-0.1, -0.05) is 30.3 Å². The number of rotatable bonds is 2. The third-order valence-corrected chi connectivity index (χ3v) is 3.27. The van der Waals surface area contributed by atoms with Gasteiger partial charge in [-0.05, 0) is 19.3 Å². The molecule has 0 bridgehead atoms. The molecule has 1 heterocycles. The van der Waals surface area contributed by atoms with Gasteiger partial charge in [0.25, 0.3) is 0 Å². The van der Waals surface area contributed by atoms with Crippen LogP contribution in [-0.4, -0.2) is 9.78 Å². The van der Waals surface area contributed by atoms with Crippen molar-refractivity contribution in [1.29, 1.82) is 5.26 Å². The van der Waals surface area contributed by atoms with Crippen LogP contribution < -0.4 is 0 Å². The third kappa shape index (κ3) is 1.62.